The highest BCUT2D eigenvalue weighted by Gasteiger charge is 2.26. The summed E-state index contributed by atoms with van der Waals surface area (Å²) in [5.41, 5.74) is 6.99. The molecule has 2 aromatic heterocycles. The topological polar surface area (TPSA) is 85.9 Å². The summed E-state index contributed by atoms with van der Waals surface area (Å²) in [5, 5.41) is 12.1. The highest BCUT2D eigenvalue weighted by Crippen LogP contribution is 2.38. The largest absolute Gasteiger partial charge is 0.358 e. The average Bonchev–Trinajstić information content (AvgIpc) is 3.19. The Morgan fingerprint density at radius 1 is 1.39 bits per heavy atom. The quantitative estimate of drug-likeness (QED) is 0.511. The number of carbonyl (C=O) groups is 1. The minimum Gasteiger partial charge on any atom is -0.358 e. The maximum atomic E-state index is 12.1. The monoisotopic (exact) mass is 307 g/mol. The molecule has 0 unspecified atom stereocenters. The van der Waals surface area contributed by atoms with Crippen molar-refractivity contribution in [3.8, 4) is 0 Å². The molecule has 0 aliphatic heterocycles. The van der Waals surface area contributed by atoms with Crippen LogP contribution in [0.4, 0.5) is 0 Å². The van der Waals surface area contributed by atoms with E-state index in [-0.39, 0.29) is 5.91 Å². The zero-order chi connectivity index (χ0) is 15.8. The number of aromatic amines is 2. The molecule has 6 nitrogen and oxygen atoms in total. The molecule has 116 valence electrons. The van der Waals surface area contributed by atoms with Crippen LogP contribution in [0.5, 0.6) is 0 Å². The first-order valence-electron chi connectivity index (χ1n) is 7.68. The first kappa shape index (κ1) is 13.8. The van der Waals surface area contributed by atoms with Crippen LogP contribution in [-0.4, -0.2) is 27.3 Å². The molecule has 1 fully saturated rings. The number of rotatable bonds is 4. The minimum atomic E-state index is -0.304. The zero-order valence-electron chi connectivity index (χ0n) is 12.8. The molecule has 4 rings (SSSR count). The molecular weight excluding hydrogens is 290 g/mol. The van der Waals surface area contributed by atoms with Crippen molar-refractivity contribution in [2.24, 2.45) is 5.10 Å². The molecular formula is C17H17N5O. The smallest absolute Gasteiger partial charge is 0.291 e. The van der Waals surface area contributed by atoms with Crippen molar-refractivity contribution in [3.63, 3.8) is 0 Å². The van der Waals surface area contributed by atoms with Crippen molar-refractivity contribution >= 4 is 23.0 Å². The molecule has 23 heavy (non-hydrogen) atoms. The molecule has 6 heteroatoms. The number of para-hydroxylation sites is 1. The molecule has 1 saturated carbocycles. The number of carbonyl (C=O) groups excluding carboxylic acids is 1. The Morgan fingerprint density at radius 2 is 2.22 bits per heavy atom. The van der Waals surface area contributed by atoms with Gasteiger partial charge in [0.05, 0.1) is 6.21 Å². The number of nitrogens with zero attached hydrogens (tertiary/aromatic N) is 2. The summed E-state index contributed by atoms with van der Waals surface area (Å²) in [6, 6.07) is 9.81. The number of fused-ring (bicyclic) bond motifs is 1. The van der Waals surface area contributed by atoms with Gasteiger partial charge in [-0.15, -0.1) is 0 Å². The van der Waals surface area contributed by atoms with Crippen LogP contribution in [0, 0.1) is 6.92 Å². The second-order valence-electron chi connectivity index (χ2n) is 5.89. The Balaban J connectivity index is 1.49. The van der Waals surface area contributed by atoms with Crippen molar-refractivity contribution in [2.45, 2.75) is 25.7 Å². The van der Waals surface area contributed by atoms with Crippen LogP contribution in [-0.2, 0) is 0 Å². The molecule has 0 bridgehead atoms. The number of aromatic nitrogens is 3. The van der Waals surface area contributed by atoms with Gasteiger partial charge in [0.15, 0.2) is 5.69 Å². The molecule has 1 aliphatic carbocycles. The lowest BCUT2D eigenvalue weighted by Crippen LogP contribution is -2.18. The van der Waals surface area contributed by atoms with Gasteiger partial charge in [0.25, 0.3) is 5.91 Å². The van der Waals surface area contributed by atoms with Gasteiger partial charge in [0, 0.05) is 33.8 Å². The van der Waals surface area contributed by atoms with Crippen LogP contribution in [0.25, 0.3) is 10.9 Å². The highest BCUT2D eigenvalue weighted by molar-refractivity contribution is 6.01. The number of hydrogen-bond donors (Lipinski definition) is 3. The van der Waals surface area contributed by atoms with Gasteiger partial charge >= 0.3 is 0 Å². The summed E-state index contributed by atoms with van der Waals surface area (Å²) in [4.78, 5) is 15.4. The van der Waals surface area contributed by atoms with Crippen molar-refractivity contribution in [1.29, 1.82) is 0 Å². The summed E-state index contributed by atoms with van der Waals surface area (Å²) in [6.45, 7) is 1.98. The zero-order valence-corrected chi connectivity index (χ0v) is 12.8. The maximum Gasteiger partial charge on any atom is 0.291 e. The van der Waals surface area contributed by atoms with Crippen molar-refractivity contribution < 1.29 is 4.79 Å². The lowest BCUT2D eigenvalue weighted by atomic mass is 10.1. The molecule has 0 saturated heterocycles. The summed E-state index contributed by atoms with van der Waals surface area (Å²) in [7, 11) is 0. The van der Waals surface area contributed by atoms with Gasteiger partial charge in [0.2, 0.25) is 0 Å². The third-order valence-corrected chi connectivity index (χ3v) is 4.15. The minimum absolute atomic E-state index is 0.304. The fourth-order valence-electron chi connectivity index (χ4n) is 2.73. The fourth-order valence-corrected chi connectivity index (χ4v) is 2.73. The summed E-state index contributed by atoms with van der Waals surface area (Å²) < 4.78 is 0. The number of nitrogens with one attached hydrogen (secondary N) is 3. The number of H-pyrrole nitrogens is 2. The molecule has 1 aromatic carbocycles. The van der Waals surface area contributed by atoms with Gasteiger partial charge in [-0.2, -0.15) is 10.2 Å². The lowest BCUT2D eigenvalue weighted by Gasteiger charge is -1.96. The van der Waals surface area contributed by atoms with E-state index in [1.807, 2.05) is 31.2 Å². The van der Waals surface area contributed by atoms with Gasteiger partial charge in [-0.3, -0.25) is 9.89 Å². The summed E-state index contributed by atoms with van der Waals surface area (Å²) in [5.74, 6) is 0.239. The highest BCUT2D eigenvalue weighted by atomic mass is 16.2. The number of benzene rings is 1. The Morgan fingerprint density at radius 3 is 3.04 bits per heavy atom. The molecule has 3 aromatic rings. The third kappa shape index (κ3) is 2.63. The predicted octanol–water partition coefficient (Wildman–Crippen LogP) is 2.84. The molecule has 1 aliphatic rings. The fraction of sp³-hybridized carbons (Fsp3) is 0.235. The lowest BCUT2D eigenvalue weighted by molar-refractivity contribution is 0.0950. The Hall–Kier alpha value is -2.89. The van der Waals surface area contributed by atoms with E-state index in [1.165, 1.54) is 12.8 Å². The van der Waals surface area contributed by atoms with E-state index < -0.39 is 0 Å². The third-order valence-electron chi connectivity index (χ3n) is 4.15. The van der Waals surface area contributed by atoms with Gasteiger partial charge in [-0.1, -0.05) is 18.2 Å². The molecule has 2 heterocycles. The van der Waals surface area contributed by atoms with Crippen LogP contribution in [0.1, 0.15) is 46.2 Å². The van der Waals surface area contributed by atoms with E-state index in [9.17, 15) is 4.79 Å². The van der Waals surface area contributed by atoms with Crippen molar-refractivity contribution in [2.75, 3.05) is 0 Å². The standard InChI is InChI=1S/C17H17N5O/c1-10-13(12-4-2-3-5-14(12)19-10)9-18-22-17(23)16-8-15(20-21-16)11-6-7-11/h2-5,8-9,11,19H,6-7H2,1H3,(H,20,21)(H,22,23). The molecule has 0 radical (unpaired) electrons. The first-order valence-corrected chi connectivity index (χ1v) is 7.68. The Kier molecular flexibility index (Phi) is 3.22. The molecule has 3 N–H and O–H groups in total. The van der Waals surface area contributed by atoms with Gasteiger partial charge in [-0.25, -0.2) is 5.43 Å². The van der Waals surface area contributed by atoms with Crippen molar-refractivity contribution in [3.05, 3.63) is 53.0 Å². The Labute approximate surface area is 133 Å². The summed E-state index contributed by atoms with van der Waals surface area (Å²) >= 11 is 0. The normalized spacial score (nSPS) is 14.7. The van der Waals surface area contributed by atoms with Crippen LogP contribution >= 0.6 is 0 Å². The first-order chi connectivity index (χ1) is 11.2. The maximum absolute atomic E-state index is 12.1. The molecule has 0 spiro atoms. The van der Waals surface area contributed by atoms with E-state index in [2.05, 4.69) is 25.7 Å². The van der Waals surface area contributed by atoms with Crippen LogP contribution in [0.3, 0.4) is 0 Å². The van der Waals surface area contributed by atoms with E-state index >= 15 is 0 Å². The van der Waals surface area contributed by atoms with E-state index in [0.29, 0.717) is 11.6 Å². The van der Waals surface area contributed by atoms with Gasteiger partial charge < -0.3 is 4.98 Å². The van der Waals surface area contributed by atoms with E-state index in [1.54, 1.807) is 12.3 Å². The van der Waals surface area contributed by atoms with Gasteiger partial charge in [0.1, 0.15) is 0 Å². The number of aryl methyl sites for hydroxylation is 1. The second kappa shape index (κ2) is 5.39. The van der Waals surface area contributed by atoms with E-state index in [4.69, 9.17) is 0 Å². The van der Waals surface area contributed by atoms with Crippen molar-refractivity contribution in [1.82, 2.24) is 20.6 Å². The second-order valence-corrected chi connectivity index (χ2v) is 5.89. The van der Waals surface area contributed by atoms with E-state index in [0.717, 1.165) is 27.9 Å². The Bertz CT molecular complexity index is 901. The number of hydrogen-bond acceptors (Lipinski definition) is 3. The van der Waals surface area contributed by atoms with Crippen LogP contribution in [0.2, 0.25) is 0 Å². The van der Waals surface area contributed by atoms with Gasteiger partial charge in [-0.05, 0) is 31.9 Å². The molecule has 1 amide bonds. The van der Waals surface area contributed by atoms with Crippen LogP contribution in [0.15, 0.2) is 35.4 Å². The number of amides is 1. The average molecular weight is 307 g/mol. The summed E-state index contributed by atoms with van der Waals surface area (Å²) in [6.07, 6.45) is 4.00. The van der Waals surface area contributed by atoms with Crippen LogP contribution < -0.4 is 5.43 Å². The SMILES string of the molecule is Cc1[nH]c2ccccc2c1C=NNC(=O)c1cc(C2CC2)[nH]n1. The molecule has 0 atom stereocenters. The predicted molar refractivity (Wildman–Crippen MR) is 88.7 cm³/mol. The number of hydrazone groups is 1.